The van der Waals surface area contributed by atoms with E-state index in [9.17, 15) is 5.11 Å². The quantitative estimate of drug-likeness (QED) is 0.869. The molecular formula is C10H14BrNO2. The van der Waals surface area contributed by atoms with Gasteiger partial charge in [0.2, 0.25) is 0 Å². The zero-order chi connectivity index (χ0) is 10.6. The molecule has 0 fully saturated rings. The SMILES string of the molecule is CNCCc1cc(Br)cc(OC)c1O. The number of phenols is 1. The molecule has 4 heteroatoms. The summed E-state index contributed by atoms with van der Waals surface area (Å²) in [6, 6.07) is 3.65. The number of phenolic OH excluding ortho intramolecular Hbond substituents is 1. The number of rotatable bonds is 4. The minimum atomic E-state index is 0.228. The molecule has 1 rings (SSSR count). The first kappa shape index (κ1) is 11.3. The molecule has 0 radical (unpaired) electrons. The highest BCUT2D eigenvalue weighted by atomic mass is 79.9. The Morgan fingerprint density at radius 1 is 1.50 bits per heavy atom. The van der Waals surface area contributed by atoms with Crippen LogP contribution in [0.5, 0.6) is 11.5 Å². The van der Waals surface area contributed by atoms with E-state index in [1.807, 2.05) is 13.1 Å². The van der Waals surface area contributed by atoms with Crippen LogP contribution in [-0.4, -0.2) is 25.8 Å². The molecule has 0 aromatic heterocycles. The number of aromatic hydroxyl groups is 1. The molecule has 1 aromatic carbocycles. The van der Waals surface area contributed by atoms with Crippen LogP contribution in [0.2, 0.25) is 0 Å². The van der Waals surface area contributed by atoms with Gasteiger partial charge in [-0.25, -0.2) is 0 Å². The standard InChI is InChI=1S/C10H14BrNO2/c1-12-4-3-7-5-8(11)6-9(14-2)10(7)13/h5-6,12-13H,3-4H2,1-2H3. The van der Waals surface area contributed by atoms with Crippen LogP contribution >= 0.6 is 15.9 Å². The minimum absolute atomic E-state index is 0.228. The molecule has 0 amide bonds. The fraction of sp³-hybridized carbons (Fsp3) is 0.400. The molecule has 1 aromatic rings. The van der Waals surface area contributed by atoms with E-state index in [4.69, 9.17) is 4.74 Å². The Kier molecular flexibility index (Phi) is 4.22. The molecule has 0 saturated heterocycles. The number of halogens is 1. The maximum absolute atomic E-state index is 9.77. The number of nitrogens with one attached hydrogen (secondary N) is 1. The molecule has 14 heavy (non-hydrogen) atoms. The van der Waals surface area contributed by atoms with Crippen LogP contribution in [-0.2, 0) is 6.42 Å². The number of likely N-dealkylation sites (N-methyl/N-ethyl adjacent to an activating group) is 1. The van der Waals surface area contributed by atoms with Gasteiger partial charge >= 0.3 is 0 Å². The van der Waals surface area contributed by atoms with Gasteiger partial charge in [-0.1, -0.05) is 15.9 Å². The largest absolute Gasteiger partial charge is 0.504 e. The summed E-state index contributed by atoms with van der Waals surface area (Å²) in [6.07, 6.45) is 0.776. The van der Waals surface area contributed by atoms with Crippen LogP contribution in [0.3, 0.4) is 0 Å². The summed E-state index contributed by atoms with van der Waals surface area (Å²) in [6.45, 7) is 0.827. The number of benzene rings is 1. The van der Waals surface area contributed by atoms with E-state index in [0.29, 0.717) is 5.75 Å². The number of methoxy groups -OCH3 is 1. The van der Waals surface area contributed by atoms with E-state index < -0.39 is 0 Å². The lowest BCUT2D eigenvalue weighted by Crippen LogP contribution is -2.10. The van der Waals surface area contributed by atoms with E-state index in [1.54, 1.807) is 13.2 Å². The first-order valence-electron chi connectivity index (χ1n) is 4.39. The maximum Gasteiger partial charge on any atom is 0.161 e. The Bertz CT molecular complexity index is 315. The number of hydrogen-bond acceptors (Lipinski definition) is 3. The topological polar surface area (TPSA) is 41.5 Å². The zero-order valence-electron chi connectivity index (χ0n) is 8.30. The van der Waals surface area contributed by atoms with Crippen molar-refractivity contribution in [2.24, 2.45) is 0 Å². The van der Waals surface area contributed by atoms with Crippen molar-refractivity contribution < 1.29 is 9.84 Å². The van der Waals surface area contributed by atoms with Crippen molar-refractivity contribution in [1.29, 1.82) is 0 Å². The van der Waals surface area contributed by atoms with E-state index in [-0.39, 0.29) is 5.75 Å². The Hall–Kier alpha value is -0.740. The predicted octanol–water partition coefficient (Wildman–Crippen LogP) is 1.93. The first-order valence-corrected chi connectivity index (χ1v) is 5.18. The van der Waals surface area contributed by atoms with Gasteiger partial charge in [-0.15, -0.1) is 0 Å². The second-order valence-corrected chi connectivity index (χ2v) is 3.89. The van der Waals surface area contributed by atoms with Crippen LogP contribution in [0, 0.1) is 0 Å². The highest BCUT2D eigenvalue weighted by Gasteiger charge is 2.08. The van der Waals surface area contributed by atoms with Crippen LogP contribution < -0.4 is 10.1 Å². The summed E-state index contributed by atoms with van der Waals surface area (Å²) in [5.74, 6) is 0.733. The smallest absolute Gasteiger partial charge is 0.161 e. The molecule has 0 aliphatic rings. The third kappa shape index (κ3) is 2.62. The molecule has 78 valence electrons. The molecule has 0 atom stereocenters. The monoisotopic (exact) mass is 259 g/mol. The van der Waals surface area contributed by atoms with Crippen LogP contribution in [0.15, 0.2) is 16.6 Å². The van der Waals surface area contributed by atoms with Gasteiger partial charge in [-0.2, -0.15) is 0 Å². The maximum atomic E-state index is 9.77. The van der Waals surface area contributed by atoms with Crippen molar-refractivity contribution in [3.8, 4) is 11.5 Å². The second kappa shape index (κ2) is 5.22. The molecule has 0 saturated carbocycles. The van der Waals surface area contributed by atoms with Gasteiger partial charge in [0.15, 0.2) is 11.5 Å². The lowest BCUT2D eigenvalue weighted by Gasteiger charge is -2.09. The van der Waals surface area contributed by atoms with Gasteiger partial charge in [0.1, 0.15) is 0 Å². The lowest BCUT2D eigenvalue weighted by atomic mass is 10.1. The molecule has 0 heterocycles. The number of ether oxygens (including phenoxy) is 1. The third-order valence-electron chi connectivity index (χ3n) is 1.98. The van der Waals surface area contributed by atoms with E-state index >= 15 is 0 Å². The van der Waals surface area contributed by atoms with E-state index in [2.05, 4.69) is 21.2 Å². The Labute approximate surface area is 92.2 Å². The highest BCUT2D eigenvalue weighted by Crippen LogP contribution is 2.33. The molecule has 0 spiro atoms. The fourth-order valence-corrected chi connectivity index (χ4v) is 1.72. The van der Waals surface area contributed by atoms with E-state index in [0.717, 1.165) is 23.0 Å². The van der Waals surface area contributed by atoms with Crippen LogP contribution in [0.4, 0.5) is 0 Å². The summed E-state index contributed by atoms with van der Waals surface area (Å²) in [4.78, 5) is 0. The highest BCUT2D eigenvalue weighted by molar-refractivity contribution is 9.10. The Morgan fingerprint density at radius 2 is 2.21 bits per heavy atom. The fourth-order valence-electron chi connectivity index (χ4n) is 1.23. The molecular weight excluding hydrogens is 246 g/mol. The third-order valence-corrected chi connectivity index (χ3v) is 2.44. The van der Waals surface area contributed by atoms with E-state index in [1.165, 1.54) is 0 Å². The summed E-state index contributed by atoms with van der Waals surface area (Å²) in [7, 11) is 3.43. The average Bonchev–Trinajstić information content (AvgIpc) is 2.18. The van der Waals surface area contributed by atoms with Crippen LogP contribution in [0.25, 0.3) is 0 Å². The molecule has 3 nitrogen and oxygen atoms in total. The van der Waals surface area contributed by atoms with Gasteiger partial charge in [0.25, 0.3) is 0 Å². The second-order valence-electron chi connectivity index (χ2n) is 2.97. The normalized spacial score (nSPS) is 10.2. The van der Waals surface area contributed by atoms with Gasteiger partial charge in [0, 0.05) is 10.0 Å². The van der Waals surface area contributed by atoms with Crippen molar-refractivity contribution in [2.75, 3.05) is 20.7 Å². The molecule has 0 bridgehead atoms. The predicted molar refractivity (Wildman–Crippen MR) is 60.0 cm³/mol. The van der Waals surface area contributed by atoms with Crippen molar-refractivity contribution in [1.82, 2.24) is 5.32 Å². The zero-order valence-corrected chi connectivity index (χ0v) is 9.89. The van der Waals surface area contributed by atoms with Crippen molar-refractivity contribution >= 4 is 15.9 Å². The summed E-state index contributed by atoms with van der Waals surface area (Å²) in [5, 5.41) is 12.8. The molecule has 0 aliphatic heterocycles. The van der Waals surface area contributed by atoms with Gasteiger partial charge < -0.3 is 15.2 Å². The van der Waals surface area contributed by atoms with Crippen molar-refractivity contribution in [2.45, 2.75) is 6.42 Å². The first-order chi connectivity index (χ1) is 6.69. The lowest BCUT2D eigenvalue weighted by molar-refractivity contribution is 0.370. The average molecular weight is 260 g/mol. The number of hydrogen-bond donors (Lipinski definition) is 2. The summed E-state index contributed by atoms with van der Waals surface area (Å²) < 4.78 is 5.96. The molecule has 0 aliphatic carbocycles. The van der Waals surface area contributed by atoms with Gasteiger partial charge in [0.05, 0.1) is 7.11 Å². The van der Waals surface area contributed by atoms with Crippen molar-refractivity contribution in [3.63, 3.8) is 0 Å². The molecule has 2 N–H and O–H groups in total. The summed E-state index contributed by atoms with van der Waals surface area (Å²) in [5.41, 5.74) is 0.880. The Balaban J connectivity index is 2.96. The molecule has 0 unspecified atom stereocenters. The van der Waals surface area contributed by atoms with Gasteiger partial charge in [-0.3, -0.25) is 0 Å². The Morgan fingerprint density at radius 3 is 2.79 bits per heavy atom. The van der Waals surface area contributed by atoms with Crippen molar-refractivity contribution in [3.05, 3.63) is 22.2 Å². The summed E-state index contributed by atoms with van der Waals surface area (Å²) >= 11 is 3.37. The van der Waals surface area contributed by atoms with Crippen LogP contribution in [0.1, 0.15) is 5.56 Å². The minimum Gasteiger partial charge on any atom is -0.504 e. The van der Waals surface area contributed by atoms with Gasteiger partial charge in [-0.05, 0) is 32.1 Å².